The van der Waals surface area contributed by atoms with Crippen LogP contribution in [0.5, 0.6) is 0 Å². The van der Waals surface area contributed by atoms with Gasteiger partial charge in [0, 0.05) is 6.42 Å². The summed E-state index contributed by atoms with van der Waals surface area (Å²) in [5, 5.41) is 3.33. The van der Waals surface area contributed by atoms with E-state index in [1.54, 1.807) is 0 Å². The highest BCUT2D eigenvalue weighted by molar-refractivity contribution is 7.99. The van der Waals surface area contributed by atoms with Crippen LogP contribution in [-0.2, 0) is 0 Å². The molecule has 0 aliphatic heterocycles. The van der Waals surface area contributed by atoms with E-state index in [9.17, 15) is 0 Å². The van der Waals surface area contributed by atoms with E-state index >= 15 is 0 Å². The Balaban J connectivity index is 3.54. The van der Waals surface area contributed by atoms with Crippen LogP contribution in [0.3, 0.4) is 0 Å². The van der Waals surface area contributed by atoms with Gasteiger partial charge in [-0.2, -0.15) is 0 Å². The molecule has 2 nitrogen and oxygen atoms in total. The fourth-order valence-corrected chi connectivity index (χ4v) is 1.65. The third kappa shape index (κ3) is 8.50. The maximum Gasteiger partial charge on any atom is 0.0977 e. The average molecular weight is 220 g/mol. The number of nitrogens with zero attached hydrogens (tertiary/aromatic N) is 1. The molecule has 0 aliphatic carbocycles. The molecule has 0 bridgehead atoms. The van der Waals surface area contributed by atoms with Crippen LogP contribution in [0.1, 0.15) is 27.2 Å². The molecule has 0 heterocycles. The van der Waals surface area contributed by atoms with Gasteiger partial charge in [-0.15, -0.1) is 23.5 Å². The lowest BCUT2D eigenvalue weighted by atomic mass is 10.4. The zero-order valence-electron chi connectivity index (χ0n) is 8.80. The third-order valence-corrected chi connectivity index (χ3v) is 2.94. The van der Waals surface area contributed by atoms with Crippen molar-refractivity contribution in [3.05, 3.63) is 0 Å². The van der Waals surface area contributed by atoms with Gasteiger partial charge in [-0.3, -0.25) is 4.99 Å². The van der Waals surface area contributed by atoms with E-state index in [2.05, 4.69) is 31.1 Å². The second-order valence-corrected chi connectivity index (χ2v) is 4.91. The lowest BCUT2D eigenvalue weighted by molar-refractivity contribution is 1.03. The molecule has 0 aromatic carbocycles. The summed E-state index contributed by atoms with van der Waals surface area (Å²) < 4.78 is 0. The molecular weight excluding hydrogens is 200 g/mol. The summed E-state index contributed by atoms with van der Waals surface area (Å²) in [6, 6.07) is 0. The molecule has 0 aromatic heterocycles. The summed E-state index contributed by atoms with van der Waals surface area (Å²) in [6.45, 7) is 6.47. The quantitative estimate of drug-likeness (QED) is 0.309. The standard InChI is InChI=1S/C9H20N2S2/c1-4-9(10-7-12-5-2)11-8-13-6-3/h4-8H2,1-3H3,(H,10,11). The Morgan fingerprint density at radius 1 is 1.15 bits per heavy atom. The van der Waals surface area contributed by atoms with E-state index in [1.807, 2.05) is 23.5 Å². The van der Waals surface area contributed by atoms with Gasteiger partial charge >= 0.3 is 0 Å². The second kappa shape index (κ2) is 10.3. The first-order chi connectivity index (χ1) is 6.35. The van der Waals surface area contributed by atoms with Crippen molar-refractivity contribution in [2.75, 3.05) is 23.3 Å². The van der Waals surface area contributed by atoms with Crippen molar-refractivity contribution in [2.45, 2.75) is 27.2 Å². The Morgan fingerprint density at radius 2 is 1.85 bits per heavy atom. The molecule has 0 fully saturated rings. The predicted molar refractivity (Wildman–Crippen MR) is 66.9 cm³/mol. The van der Waals surface area contributed by atoms with Gasteiger partial charge in [-0.1, -0.05) is 20.8 Å². The number of amidine groups is 1. The first kappa shape index (κ1) is 13.2. The Bertz CT molecular complexity index is 138. The maximum atomic E-state index is 4.46. The van der Waals surface area contributed by atoms with Crippen molar-refractivity contribution in [2.24, 2.45) is 4.99 Å². The molecule has 13 heavy (non-hydrogen) atoms. The molecule has 0 saturated carbocycles. The van der Waals surface area contributed by atoms with Gasteiger partial charge in [0.15, 0.2) is 0 Å². The summed E-state index contributed by atoms with van der Waals surface area (Å²) >= 11 is 3.75. The first-order valence-electron chi connectivity index (χ1n) is 4.77. The van der Waals surface area contributed by atoms with Gasteiger partial charge in [0.05, 0.1) is 17.6 Å². The van der Waals surface area contributed by atoms with E-state index in [0.29, 0.717) is 0 Å². The fraction of sp³-hybridized carbons (Fsp3) is 0.889. The van der Waals surface area contributed by atoms with Gasteiger partial charge in [-0.25, -0.2) is 0 Å². The van der Waals surface area contributed by atoms with Crippen molar-refractivity contribution < 1.29 is 0 Å². The van der Waals surface area contributed by atoms with Gasteiger partial charge in [0.1, 0.15) is 0 Å². The van der Waals surface area contributed by atoms with Crippen LogP contribution in [0, 0.1) is 0 Å². The van der Waals surface area contributed by atoms with E-state index in [-0.39, 0.29) is 0 Å². The second-order valence-electron chi connectivity index (χ2n) is 2.39. The number of thioether (sulfide) groups is 2. The number of hydrogen-bond donors (Lipinski definition) is 1. The monoisotopic (exact) mass is 220 g/mol. The van der Waals surface area contributed by atoms with Crippen LogP contribution in [0.4, 0.5) is 0 Å². The minimum atomic E-state index is 0.892. The maximum absolute atomic E-state index is 4.46. The number of aliphatic imine (C=N–C) groups is 1. The van der Waals surface area contributed by atoms with Crippen LogP contribution >= 0.6 is 23.5 Å². The van der Waals surface area contributed by atoms with Gasteiger partial charge in [0.2, 0.25) is 0 Å². The summed E-state index contributed by atoms with van der Waals surface area (Å²) in [5.74, 6) is 5.32. The molecule has 0 atom stereocenters. The molecule has 0 saturated heterocycles. The molecule has 1 N–H and O–H groups in total. The van der Waals surface area contributed by atoms with Gasteiger partial charge in [-0.05, 0) is 11.5 Å². The minimum Gasteiger partial charge on any atom is -0.365 e. The largest absolute Gasteiger partial charge is 0.365 e. The SMILES string of the molecule is CCSCN=C(CC)NCSCC. The van der Waals surface area contributed by atoms with E-state index in [4.69, 9.17) is 0 Å². The molecule has 0 radical (unpaired) electrons. The van der Waals surface area contributed by atoms with E-state index in [0.717, 1.165) is 35.5 Å². The minimum absolute atomic E-state index is 0.892. The number of nitrogens with one attached hydrogen (secondary N) is 1. The zero-order chi connectivity index (χ0) is 9.94. The molecule has 0 aliphatic rings. The molecule has 0 rings (SSSR count). The number of rotatable bonds is 7. The Hall–Kier alpha value is 0.170. The molecule has 0 unspecified atom stereocenters. The van der Waals surface area contributed by atoms with Crippen LogP contribution in [0.25, 0.3) is 0 Å². The average Bonchev–Trinajstić information content (AvgIpc) is 2.16. The zero-order valence-corrected chi connectivity index (χ0v) is 10.4. The van der Waals surface area contributed by atoms with Crippen LogP contribution in [0.2, 0.25) is 0 Å². The molecule has 0 amide bonds. The van der Waals surface area contributed by atoms with Crippen molar-refractivity contribution in [1.82, 2.24) is 5.32 Å². The van der Waals surface area contributed by atoms with E-state index in [1.165, 1.54) is 0 Å². The van der Waals surface area contributed by atoms with Crippen LogP contribution in [-0.4, -0.2) is 29.1 Å². The summed E-state index contributed by atoms with van der Waals surface area (Å²) in [5.41, 5.74) is 0. The first-order valence-corrected chi connectivity index (χ1v) is 7.08. The van der Waals surface area contributed by atoms with Gasteiger partial charge < -0.3 is 5.32 Å². The highest BCUT2D eigenvalue weighted by atomic mass is 32.2. The highest BCUT2D eigenvalue weighted by Crippen LogP contribution is 2.00. The summed E-state index contributed by atoms with van der Waals surface area (Å²) in [7, 11) is 0. The van der Waals surface area contributed by atoms with Crippen molar-refractivity contribution in [1.29, 1.82) is 0 Å². The molecule has 0 spiro atoms. The Morgan fingerprint density at radius 3 is 2.38 bits per heavy atom. The Kier molecular flexibility index (Phi) is 10.4. The van der Waals surface area contributed by atoms with Crippen molar-refractivity contribution in [3.8, 4) is 0 Å². The van der Waals surface area contributed by atoms with Gasteiger partial charge in [0.25, 0.3) is 0 Å². The van der Waals surface area contributed by atoms with Crippen molar-refractivity contribution >= 4 is 29.4 Å². The molecular formula is C9H20N2S2. The summed E-state index contributed by atoms with van der Waals surface area (Å²) in [4.78, 5) is 4.46. The Labute approximate surface area is 90.4 Å². The predicted octanol–water partition coefficient (Wildman–Crippen LogP) is 2.81. The molecule has 78 valence electrons. The fourth-order valence-electron chi connectivity index (χ4n) is 0.744. The number of hydrogen-bond acceptors (Lipinski definition) is 3. The topological polar surface area (TPSA) is 24.4 Å². The normalized spacial score (nSPS) is 11.8. The van der Waals surface area contributed by atoms with Crippen molar-refractivity contribution in [3.63, 3.8) is 0 Å². The third-order valence-electron chi connectivity index (χ3n) is 1.47. The molecule has 0 aromatic rings. The highest BCUT2D eigenvalue weighted by Gasteiger charge is 1.93. The van der Waals surface area contributed by atoms with Crippen LogP contribution < -0.4 is 5.32 Å². The smallest absolute Gasteiger partial charge is 0.0977 e. The lowest BCUT2D eigenvalue weighted by Crippen LogP contribution is -2.22. The lowest BCUT2D eigenvalue weighted by Gasteiger charge is -2.06. The van der Waals surface area contributed by atoms with E-state index < -0.39 is 0 Å². The summed E-state index contributed by atoms with van der Waals surface area (Å²) in [6.07, 6.45) is 1.01. The molecule has 4 heteroatoms. The van der Waals surface area contributed by atoms with Crippen LogP contribution in [0.15, 0.2) is 4.99 Å².